The second kappa shape index (κ2) is 11.3. The number of aromatic nitrogens is 1. The third kappa shape index (κ3) is 5.31. The van der Waals surface area contributed by atoms with Gasteiger partial charge in [-0.2, -0.15) is 0 Å². The summed E-state index contributed by atoms with van der Waals surface area (Å²) < 4.78 is 14.9. The molecular weight excluding hydrogens is 702 g/mol. The number of esters is 1. The first-order valence-corrected chi connectivity index (χ1v) is 14.0. The van der Waals surface area contributed by atoms with E-state index in [0.29, 0.717) is 20.6 Å². The molecule has 0 saturated carbocycles. The summed E-state index contributed by atoms with van der Waals surface area (Å²) in [6.07, 6.45) is 7.17. The fourth-order valence-electron chi connectivity index (χ4n) is 3.92. The van der Waals surface area contributed by atoms with E-state index in [2.05, 4.69) is 56.1 Å². The van der Waals surface area contributed by atoms with Crippen molar-refractivity contribution in [3.8, 4) is 18.1 Å². The van der Waals surface area contributed by atoms with Gasteiger partial charge in [0.05, 0.1) is 35.6 Å². The molecule has 2 aromatic carbocycles. The minimum atomic E-state index is -0.622. The number of benzene rings is 2. The Hall–Kier alpha value is -2.43. The predicted molar refractivity (Wildman–Crippen MR) is 158 cm³/mol. The van der Waals surface area contributed by atoms with Crippen LogP contribution in [0.3, 0.4) is 0 Å². The summed E-state index contributed by atoms with van der Waals surface area (Å²) in [6, 6.07) is 11.1. The van der Waals surface area contributed by atoms with Gasteiger partial charge in [0, 0.05) is 0 Å². The van der Waals surface area contributed by atoms with E-state index in [1.807, 2.05) is 49.4 Å². The van der Waals surface area contributed by atoms with Crippen LogP contribution in [-0.4, -0.2) is 23.8 Å². The van der Waals surface area contributed by atoms with Gasteiger partial charge in [-0.15, -0.1) is 6.42 Å². The maximum atomic E-state index is 13.7. The van der Waals surface area contributed by atoms with Crippen LogP contribution >= 0.6 is 56.5 Å². The predicted octanol–water partition coefficient (Wildman–Crippen LogP) is 4.33. The summed E-state index contributed by atoms with van der Waals surface area (Å²) >= 11 is 5.69. The Labute approximate surface area is 240 Å². The molecular formula is C27H22I2N2O4S. The molecule has 1 aliphatic heterocycles. The van der Waals surface area contributed by atoms with Gasteiger partial charge in [-0.1, -0.05) is 47.1 Å². The van der Waals surface area contributed by atoms with E-state index in [0.717, 1.165) is 29.6 Å². The van der Waals surface area contributed by atoms with Crippen molar-refractivity contribution in [1.29, 1.82) is 0 Å². The van der Waals surface area contributed by atoms with Crippen molar-refractivity contribution in [3.63, 3.8) is 0 Å². The van der Waals surface area contributed by atoms with E-state index in [9.17, 15) is 9.59 Å². The van der Waals surface area contributed by atoms with E-state index in [4.69, 9.17) is 15.9 Å². The van der Waals surface area contributed by atoms with Crippen LogP contribution < -0.4 is 19.6 Å². The Morgan fingerprint density at radius 1 is 1.22 bits per heavy atom. The number of carbonyl (C=O) groups is 1. The van der Waals surface area contributed by atoms with Gasteiger partial charge in [-0.3, -0.25) is 9.36 Å². The number of hydrogen-bond acceptors (Lipinski definition) is 6. The number of aryl methyl sites for hydroxylation is 1. The molecule has 184 valence electrons. The van der Waals surface area contributed by atoms with Crippen molar-refractivity contribution in [2.45, 2.75) is 26.8 Å². The molecule has 0 N–H and O–H groups in total. The van der Waals surface area contributed by atoms with Gasteiger partial charge < -0.3 is 9.47 Å². The Morgan fingerprint density at radius 3 is 2.50 bits per heavy atom. The zero-order valence-corrected chi connectivity index (χ0v) is 24.9. The van der Waals surface area contributed by atoms with E-state index in [1.54, 1.807) is 18.4 Å². The van der Waals surface area contributed by atoms with Gasteiger partial charge in [-0.05, 0) is 95.3 Å². The average molecular weight is 724 g/mol. The zero-order chi connectivity index (χ0) is 26.0. The first kappa shape index (κ1) is 26.6. The zero-order valence-electron chi connectivity index (χ0n) is 19.8. The lowest BCUT2D eigenvalue weighted by Gasteiger charge is -2.24. The summed E-state index contributed by atoms with van der Waals surface area (Å²) in [5, 5.41) is 0. The molecule has 0 bridgehead atoms. The lowest BCUT2D eigenvalue weighted by Crippen LogP contribution is -2.39. The summed E-state index contributed by atoms with van der Waals surface area (Å²) in [7, 11) is 0. The molecule has 0 fully saturated rings. The van der Waals surface area contributed by atoms with Gasteiger partial charge in [0.15, 0.2) is 4.80 Å². The van der Waals surface area contributed by atoms with Crippen LogP contribution in [0.4, 0.5) is 0 Å². The molecule has 1 aliphatic rings. The first-order chi connectivity index (χ1) is 17.2. The Balaban J connectivity index is 1.89. The molecule has 0 amide bonds. The maximum Gasteiger partial charge on any atom is 0.338 e. The number of terminal acetylenes is 1. The van der Waals surface area contributed by atoms with Crippen molar-refractivity contribution in [1.82, 2.24) is 4.57 Å². The van der Waals surface area contributed by atoms with Crippen molar-refractivity contribution < 1.29 is 14.3 Å². The van der Waals surface area contributed by atoms with Crippen molar-refractivity contribution >= 4 is 68.6 Å². The Morgan fingerprint density at radius 2 is 1.89 bits per heavy atom. The number of nitrogens with zero attached hydrogens (tertiary/aromatic N) is 2. The summed E-state index contributed by atoms with van der Waals surface area (Å²) in [6.45, 7) is 5.96. The molecule has 0 radical (unpaired) electrons. The molecule has 0 spiro atoms. The van der Waals surface area contributed by atoms with Crippen LogP contribution in [0.1, 0.15) is 36.6 Å². The van der Waals surface area contributed by atoms with E-state index in [-0.39, 0.29) is 18.8 Å². The minimum absolute atomic E-state index is 0.186. The fourth-order valence-corrected chi connectivity index (χ4v) is 7.10. The largest absolute Gasteiger partial charge is 0.479 e. The van der Waals surface area contributed by atoms with E-state index < -0.39 is 12.0 Å². The number of ether oxygens (including phenoxy) is 2. The molecule has 0 unspecified atom stereocenters. The van der Waals surface area contributed by atoms with Gasteiger partial charge in [-0.25, -0.2) is 9.79 Å². The minimum Gasteiger partial charge on any atom is -0.479 e. The Kier molecular flexibility index (Phi) is 8.37. The highest BCUT2D eigenvalue weighted by Crippen LogP contribution is 2.31. The van der Waals surface area contributed by atoms with Crippen LogP contribution in [-0.2, 0) is 9.53 Å². The second-order valence-corrected chi connectivity index (χ2v) is 11.4. The third-order valence-corrected chi connectivity index (χ3v) is 8.11. The van der Waals surface area contributed by atoms with Gasteiger partial charge in [0.25, 0.3) is 5.56 Å². The highest BCUT2D eigenvalue weighted by Gasteiger charge is 2.33. The Bertz CT molecular complexity index is 1570. The van der Waals surface area contributed by atoms with Crippen molar-refractivity contribution in [2.75, 3.05) is 13.2 Å². The summed E-state index contributed by atoms with van der Waals surface area (Å²) in [4.78, 5) is 31.9. The number of rotatable bonds is 6. The number of hydrogen-bond donors (Lipinski definition) is 0. The first-order valence-electron chi connectivity index (χ1n) is 11.1. The standard InChI is InChI=1S/C27H22I2N2O4S/c1-5-11-35-24-19(28)12-17(13-20(24)29)14-21-25(32)31-23(18-9-7-15(3)8-10-18)22(26(33)34-6-2)16(4)30-27(31)36-21/h1,7-10,12-14,23H,6,11H2,2-4H3/b21-14+/t23-/m1/s1. The molecule has 36 heavy (non-hydrogen) atoms. The fraction of sp³-hybridized carbons (Fsp3) is 0.222. The average Bonchev–Trinajstić information content (AvgIpc) is 3.12. The highest BCUT2D eigenvalue weighted by molar-refractivity contribution is 14.1. The van der Waals surface area contributed by atoms with E-state index >= 15 is 0 Å². The smallest absolute Gasteiger partial charge is 0.338 e. The maximum absolute atomic E-state index is 13.7. The number of allylic oxidation sites excluding steroid dienone is 1. The van der Waals surface area contributed by atoms with Gasteiger partial charge in [0.1, 0.15) is 12.4 Å². The number of thiazole rings is 1. The molecule has 1 atom stereocenters. The van der Waals surface area contributed by atoms with E-state index in [1.165, 1.54) is 11.3 Å². The molecule has 4 rings (SSSR count). The lowest BCUT2D eigenvalue weighted by atomic mass is 9.95. The van der Waals surface area contributed by atoms with Crippen molar-refractivity contribution in [2.24, 2.45) is 4.99 Å². The van der Waals surface area contributed by atoms with Crippen LogP contribution in [0.5, 0.6) is 5.75 Å². The quantitative estimate of drug-likeness (QED) is 0.216. The lowest BCUT2D eigenvalue weighted by molar-refractivity contribution is -0.139. The summed E-state index contributed by atoms with van der Waals surface area (Å²) in [5.41, 5.74) is 3.48. The van der Waals surface area contributed by atoms with Crippen molar-refractivity contribution in [3.05, 3.63) is 91.2 Å². The topological polar surface area (TPSA) is 69.9 Å². The molecule has 0 saturated heterocycles. The SMILES string of the molecule is C#CCOc1c(I)cc(/C=c2/sc3n(c2=O)[C@H](c2ccc(C)cc2)C(C(=O)OCC)=C(C)N=3)cc1I. The molecule has 1 aromatic heterocycles. The molecule has 9 heteroatoms. The normalized spacial score (nSPS) is 15.2. The highest BCUT2D eigenvalue weighted by atomic mass is 127. The monoisotopic (exact) mass is 724 g/mol. The van der Waals surface area contributed by atoms with Crippen LogP contribution in [0.25, 0.3) is 6.08 Å². The van der Waals surface area contributed by atoms with Gasteiger partial charge >= 0.3 is 5.97 Å². The number of halogens is 2. The third-order valence-electron chi connectivity index (χ3n) is 5.53. The van der Waals surface area contributed by atoms with Gasteiger partial charge in [0.2, 0.25) is 0 Å². The summed E-state index contributed by atoms with van der Waals surface area (Å²) in [5.74, 6) is 2.73. The number of fused-ring (bicyclic) bond motifs is 1. The molecule has 0 aliphatic carbocycles. The van der Waals surface area contributed by atoms with Crippen LogP contribution in [0.2, 0.25) is 0 Å². The van der Waals surface area contributed by atoms with Crippen LogP contribution in [0.15, 0.2) is 57.5 Å². The number of carbonyl (C=O) groups excluding carboxylic acids is 1. The molecule has 6 nitrogen and oxygen atoms in total. The van der Waals surface area contributed by atoms with Crippen LogP contribution in [0, 0.1) is 26.4 Å². The molecule has 2 heterocycles. The molecule has 3 aromatic rings. The second-order valence-electron chi connectivity index (χ2n) is 8.02.